The van der Waals surface area contributed by atoms with Gasteiger partial charge < -0.3 is 5.11 Å². The highest BCUT2D eigenvalue weighted by Crippen LogP contribution is 2.11. The lowest BCUT2D eigenvalue weighted by atomic mass is 10.1. The van der Waals surface area contributed by atoms with Crippen molar-refractivity contribution in [3.63, 3.8) is 0 Å². The van der Waals surface area contributed by atoms with Gasteiger partial charge in [0, 0.05) is 6.42 Å². The SMILES string of the molecule is CCCCC/C=C/C/C=C/CCCCCCCCCCC(=O)O. The van der Waals surface area contributed by atoms with Crippen molar-refractivity contribution in [1.82, 2.24) is 0 Å². The Labute approximate surface area is 144 Å². The largest absolute Gasteiger partial charge is 0.481 e. The summed E-state index contributed by atoms with van der Waals surface area (Å²) >= 11 is 0. The molecule has 2 heteroatoms. The Morgan fingerprint density at radius 1 is 0.696 bits per heavy atom. The predicted molar refractivity (Wildman–Crippen MR) is 101 cm³/mol. The van der Waals surface area contributed by atoms with Crippen LogP contribution in [0.2, 0.25) is 0 Å². The Bertz CT molecular complexity index is 305. The Hall–Kier alpha value is -1.05. The van der Waals surface area contributed by atoms with Gasteiger partial charge in [0.2, 0.25) is 0 Å². The van der Waals surface area contributed by atoms with E-state index in [9.17, 15) is 4.79 Å². The first-order valence-corrected chi connectivity index (χ1v) is 9.79. The Morgan fingerprint density at radius 3 is 1.70 bits per heavy atom. The van der Waals surface area contributed by atoms with Crippen LogP contribution in [0.15, 0.2) is 24.3 Å². The maximum atomic E-state index is 10.4. The molecule has 0 unspecified atom stereocenters. The summed E-state index contributed by atoms with van der Waals surface area (Å²) in [4.78, 5) is 10.4. The van der Waals surface area contributed by atoms with E-state index in [1.54, 1.807) is 0 Å². The smallest absolute Gasteiger partial charge is 0.303 e. The Morgan fingerprint density at radius 2 is 1.17 bits per heavy atom. The molecule has 0 aliphatic heterocycles. The van der Waals surface area contributed by atoms with E-state index < -0.39 is 5.97 Å². The number of rotatable bonds is 17. The first-order valence-electron chi connectivity index (χ1n) is 9.79. The van der Waals surface area contributed by atoms with Crippen LogP contribution in [0.3, 0.4) is 0 Å². The van der Waals surface area contributed by atoms with Gasteiger partial charge in [0.1, 0.15) is 0 Å². The average molecular weight is 323 g/mol. The molecule has 0 radical (unpaired) electrons. The third kappa shape index (κ3) is 21.0. The minimum Gasteiger partial charge on any atom is -0.481 e. The van der Waals surface area contributed by atoms with E-state index in [1.807, 2.05) is 0 Å². The standard InChI is InChI=1S/C21H38O2/c1-2-3-4-5-6-7-8-9-10-11-12-13-14-15-16-17-18-19-20-21(22)23/h6-7,9-10H,2-5,8,11-20H2,1H3,(H,22,23)/b7-6+,10-9+. The highest BCUT2D eigenvalue weighted by molar-refractivity contribution is 5.66. The molecule has 0 fully saturated rings. The molecular weight excluding hydrogens is 284 g/mol. The highest BCUT2D eigenvalue weighted by Gasteiger charge is 1.96. The second kappa shape index (κ2) is 19.0. The molecule has 0 bridgehead atoms. The maximum absolute atomic E-state index is 10.4. The van der Waals surface area contributed by atoms with Gasteiger partial charge in [-0.1, -0.05) is 82.6 Å². The van der Waals surface area contributed by atoms with E-state index in [0.717, 1.165) is 19.3 Å². The minimum absolute atomic E-state index is 0.334. The number of hydrogen-bond donors (Lipinski definition) is 1. The van der Waals surface area contributed by atoms with Crippen LogP contribution in [0, 0.1) is 0 Å². The van der Waals surface area contributed by atoms with Gasteiger partial charge in [0.05, 0.1) is 0 Å². The van der Waals surface area contributed by atoms with Gasteiger partial charge in [-0.05, 0) is 38.5 Å². The number of hydrogen-bond acceptors (Lipinski definition) is 1. The molecule has 0 atom stereocenters. The lowest BCUT2D eigenvalue weighted by Crippen LogP contribution is -1.93. The fraction of sp³-hybridized carbons (Fsp3) is 0.762. The van der Waals surface area contributed by atoms with Gasteiger partial charge in [0.15, 0.2) is 0 Å². The predicted octanol–water partition coefficient (Wildman–Crippen LogP) is 7.05. The second-order valence-electron chi connectivity index (χ2n) is 6.44. The van der Waals surface area contributed by atoms with Crippen LogP contribution in [-0.4, -0.2) is 11.1 Å². The number of unbranched alkanes of at least 4 members (excludes halogenated alkanes) is 11. The van der Waals surface area contributed by atoms with E-state index in [1.165, 1.54) is 70.6 Å². The van der Waals surface area contributed by atoms with E-state index in [0.29, 0.717) is 6.42 Å². The van der Waals surface area contributed by atoms with Crippen molar-refractivity contribution in [2.24, 2.45) is 0 Å². The third-order valence-corrected chi connectivity index (χ3v) is 4.09. The molecule has 0 aliphatic carbocycles. The number of carboxylic acids is 1. The number of aliphatic carboxylic acids is 1. The van der Waals surface area contributed by atoms with Gasteiger partial charge >= 0.3 is 5.97 Å². The Kier molecular flexibility index (Phi) is 18.1. The maximum Gasteiger partial charge on any atom is 0.303 e. The van der Waals surface area contributed by atoms with Crippen molar-refractivity contribution < 1.29 is 9.90 Å². The molecule has 23 heavy (non-hydrogen) atoms. The summed E-state index contributed by atoms with van der Waals surface area (Å²) in [6.07, 6.45) is 26.7. The first-order chi connectivity index (χ1) is 11.3. The molecule has 0 spiro atoms. The first kappa shape index (κ1) is 21.9. The third-order valence-electron chi connectivity index (χ3n) is 4.09. The summed E-state index contributed by atoms with van der Waals surface area (Å²) in [6.45, 7) is 2.24. The van der Waals surface area contributed by atoms with Crippen molar-refractivity contribution in [2.75, 3.05) is 0 Å². The number of carboxylic acid groups (broad SMARTS) is 1. The molecule has 0 saturated heterocycles. The van der Waals surface area contributed by atoms with Crippen LogP contribution in [0.1, 0.15) is 103 Å². The van der Waals surface area contributed by atoms with E-state index in [4.69, 9.17) is 5.11 Å². The van der Waals surface area contributed by atoms with E-state index in [-0.39, 0.29) is 0 Å². The zero-order valence-corrected chi connectivity index (χ0v) is 15.3. The van der Waals surface area contributed by atoms with Crippen molar-refractivity contribution in [3.05, 3.63) is 24.3 Å². The topological polar surface area (TPSA) is 37.3 Å². The summed E-state index contributed by atoms with van der Waals surface area (Å²) in [5.41, 5.74) is 0. The van der Waals surface area contributed by atoms with Crippen LogP contribution in [0.4, 0.5) is 0 Å². The normalized spacial score (nSPS) is 11.7. The van der Waals surface area contributed by atoms with Crippen molar-refractivity contribution in [3.8, 4) is 0 Å². The lowest BCUT2D eigenvalue weighted by Gasteiger charge is -2.00. The minimum atomic E-state index is -0.662. The molecule has 2 nitrogen and oxygen atoms in total. The van der Waals surface area contributed by atoms with Gasteiger partial charge in [0.25, 0.3) is 0 Å². The summed E-state index contributed by atoms with van der Waals surface area (Å²) in [6, 6.07) is 0. The zero-order valence-electron chi connectivity index (χ0n) is 15.3. The Balaban J connectivity index is 3.14. The summed E-state index contributed by atoms with van der Waals surface area (Å²) in [7, 11) is 0. The number of carbonyl (C=O) groups is 1. The van der Waals surface area contributed by atoms with E-state index in [2.05, 4.69) is 31.2 Å². The van der Waals surface area contributed by atoms with Crippen molar-refractivity contribution in [1.29, 1.82) is 0 Å². The molecule has 0 heterocycles. The van der Waals surface area contributed by atoms with Gasteiger partial charge in [-0.3, -0.25) is 4.79 Å². The van der Waals surface area contributed by atoms with Crippen LogP contribution < -0.4 is 0 Å². The van der Waals surface area contributed by atoms with Gasteiger partial charge in [-0.2, -0.15) is 0 Å². The summed E-state index contributed by atoms with van der Waals surface area (Å²) in [5, 5.41) is 8.54. The molecule has 0 amide bonds. The van der Waals surface area contributed by atoms with Gasteiger partial charge in [-0.15, -0.1) is 0 Å². The molecule has 0 aromatic carbocycles. The second-order valence-corrected chi connectivity index (χ2v) is 6.44. The lowest BCUT2D eigenvalue weighted by molar-refractivity contribution is -0.137. The summed E-state index contributed by atoms with van der Waals surface area (Å²) < 4.78 is 0. The quantitative estimate of drug-likeness (QED) is 0.230. The zero-order chi connectivity index (χ0) is 17.0. The van der Waals surface area contributed by atoms with Crippen LogP contribution in [0.5, 0.6) is 0 Å². The molecule has 1 N–H and O–H groups in total. The van der Waals surface area contributed by atoms with Crippen LogP contribution >= 0.6 is 0 Å². The molecule has 0 rings (SSSR count). The molecule has 0 aliphatic rings. The van der Waals surface area contributed by atoms with Crippen molar-refractivity contribution >= 4 is 5.97 Å². The van der Waals surface area contributed by atoms with Crippen molar-refractivity contribution in [2.45, 2.75) is 103 Å². The summed E-state index contributed by atoms with van der Waals surface area (Å²) in [5.74, 6) is -0.662. The molecule has 0 aromatic heterocycles. The molecule has 0 saturated carbocycles. The van der Waals surface area contributed by atoms with Gasteiger partial charge in [-0.25, -0.2) is 0 Å². The van der Waals surface area contributed by atoms with Crippen LogP contribution in [0.25, 0.3) is 0 Å². The number of allylic oxidation sites excluding steroid dienone is 4. The molecule has 0 aromatic rings. The molecular formula is C21H38O2. The van der Waals surface area contributed by atoms with E-state index >= 15 is 0 Å². The highest BCUT2D eigenvalue weighted by atomic mass is 16.4. The molecule has 134 valence electrons. The fourth-order valence-electron chi connectivity index (χ4n) is 2.62. The fourth-order valence-corrected chi connectivity index (χ4v) is 2.62. The average Bonchev–Trinajstić information content (AvgIpc) is 2.53. The van der Waals surface area contributed by atoms with Crippen LogP contribution in [-0.2, 0) is 4.79 Å². The monoisotopic (exact) mass is 322 g/mol.